The van der Waals surface area contributed by atoms with E-state index in [0.29, 0.717) is 0 Å². The standard InChI is InChI=1S/C20H41/c1-4-7-10-11-12-13-16-19-20(17-14-8-5-2)18-15-9-6-3/h20H,2,4-19H2,1,3H3. The van der Waals surface area contributed by atoms with E-state index in [1.54, 1.807) is 0 Å². The van der Waals surface area contributed by atoms with Crippen molar-refractivity contribution in [3.05, 3.63) is 6.92 Å². The third kappa shape index (κ3) is 14.4. The first-order valence-electron chi connectivity index (χ1n) is 9.64. The van der Waals surface area contributed by atoms with Gasteiger partial charge in [0.15, 0.2) is 0 Å². The van der Waals surface area contributed by atoms with E-state index in [4.69, 9.17) is 0 Å². The highest BCUT2D eigenvalue weighted by atomic mass is 14.1. The molecule has 0 aromatic carbocycles. The highest BCUT2D eigenvalue weighted by Crippen LogP contribution is 2.23. The van der Waals surface area contributed by atoms with Gasteiger partial charge in [-0.1, -0.05) is 124 Å². The molecule has 0 spiro atoms. The summed E-state index contributed by atoms with van der Waals surface area (Å²) in [7, 11) is 0. The summed E-state index contributed by atoms with van der Waals surface area (Å²) in [4.78, 5) is 0. The average molecular weight is 282 g/mol. The molecule has 1 radical (unpaired) electrons. The lowest BCUT2D eigenvalue weighted by Crippen LogP contribution is -2.01. The van der Waals surface area contributed by atoms with E-state index in [0.717, 1.165) is 12.3 Å². The molecule has 0 heteroatoms. The molecular weight excluding hydrogens is 240 g/mol. The van der Waals surface area contributed by atoms with Crippen molar-refractivity contribution in [1.82, 2.24) is 0 Å². The zero-order valence-electron chi connectivity index (χ0n) is 14.6. The minimum Gasteiger partial charge on any atom is -0.0654 e. The van der Waals surface area contributed by atoms with E-state index in [2.05, 4.69) is 20.8 Å². The van der Waals surface area contributed by atoms with Gasteiger partial charge in [-0.25, -0.2) is 0 Å². The van der Waals surface area contributed by atoms with E-state index in [-0.39, 0.29) is 0 Å². The van der Waals surface area contributed by atoms with Crippen LogP contribution in [0, 0.1) is 12.8 Å². The number of rotatable bonds is 16. The quantitative estimate of drug-likeness (QED) is 0.254. The van der Waals surface area contributed by atoms with Gasteiger partial charge in [0.1, 0.15) is 0 Å². The van der Waals surface area contributed by atoms with Gasteiger partial charge in [-0.05, 0) is 5.92 Å². The van der Waals surface area contributed by atoms with Crippen LogP contribution >= 0.6 is 0 Å². The van der Waals surface area contributed by atoms with Crippen LogP contribution in [0.25, 0.3) is 0 Å². The zero-order valence-corrected chi connectivity index (χ0v) is 14.6. The first-order valence-corrected chi connectivity index (χ1v) is 9.64. The van der Waals surface area contributed by atoms with Crippen molar-refractivity contribution < 1.29 is 0 Å². The summed E-state index contributed by atoms with van der Waals surface area (Å²) in [5.74, 6) is 1.02. The van der Waals surface area contributed by atoms with Gasteiger partial charge in [-0.3, -0.25) is 0 Å². The molecule has 0 aromatic rings. The molecule has 0 aliphatic heterocycles. The Morgan fingerprint density at radius 1 is 0.550 bits per heavy atom. The van der Waals surface area contributed by atoms with Gasteiger partial charge in [0.25, 0.3) is 0 Å². The van der Waals surface area contributed by atoms with Crippen molar-refractivity contribution in [2.24, 2.45) is 5.92 Å². The maximum absolute atomic E-state index is 3.97. The minimum absolute atomic E-state index is 1.02. The summed E-state index contributed by atoms with van der Waals surface area (Å²) in [6.07, 6.45) is 22.7. The van der Waals surface area contributed by atoms with E-state index in [1.165, 1.54) is 96.3 Å². The van der Waals surface area contributed by atoms with Crippen LogP contribution in [0.2, 0.25) is 0 Å². The minimum atomic E-state index is 1.02. The van der Waals surface area contributed by atoms with E-state index >= 15 is 0 Å². The van der Waals surface area contributed by atoms with Crippen molar-refractivity contribution in [3.63, 3.8) is 0 Å². The number of hydrogen-bond donors (Lipinski definition) is 0. The Morgan fingerprint density at radius 2 is 0.950 bits per heavy atom. The molecule has 121 valence electrons. The van der Waals surface area contributed by atoms with Crippen molar-refractivity contribution in [2.75, 3.05) is 0 Å². The van der Waals surface area contributed by atoms with Crippen molar-refractivity contribution >= 4 is 0 Å². The lowest BCUT2D eigenvalue weighted by molar-refractivity contribution is 0.371. The summed E-state index contributed by atoms with van der Waals surface area (Å²) in [6.45, 7) is 8.58. The highest BCUT2D eigenvalue weighted by molar-refractivity contribution is 4.61. The summed E-state index contributed by atoms with van der Waals surface area (Å²) in [6, 6.07) is 0. The van der Waals surface area contributed by atoms with Gasteiger partial charge < -0.3 is 0 Å². The summed E-state index contributed by atoms with van der Waals surface area (Å²) < 4.78 is 0. The molecule has 0 saturated carbocycles. The zero-order chi connectivity index (χ0) is 14.9. The van der Waals surface area contributed by atoms with Crippen LogP contribution in [-0.2, 0) is 0 Å². The van der Waals surface area contributed by atoms with Gasteiger partial charge in [-0.2, -0.15) is 0 Å². The third-order valence-electron chi connectivity index (χ3n) is 4.54. The van der Waals surface area contributed by atoms with Crippen LogP contribution in [0.3, 0.4) is 0 Å². The van der Waals surface area contributed by atoms with Crippen LogP contribution in [0.15, 0.2) is 0 Å². The fourth-order valence-electron chi connectivity index (χ4n) is 3.12. The Morgan fingerprint density at radius 3 is 1.50 bits per heavy atom. The molecule has 1 atom stereocenters. The molecule has 0 amide bonds. The Kier molecular flexibility index (Phi) is 17.1. The number of unbranched alkanes of at least 4 members (excludes halogenated alkanes) is 10. The SMILES string of the molecule is [CH2]CCCCC(CCCCC)CCCCCCCCC. The Bertz CT molecular complexity index is 151. The van der Waals surface area contributed by atoms with Crippen LogP contribution in [-0.4, -0.2) is 0 Å². The molecule has 0 aliphatic rings. The van der Waals surface area contributed by atoms with Crippen LogP contribution < -0.4 is 0 Å². The third-order valence-corrected chi connectivity index (χ3v) is 4.54. The Hall–Kier alpha value is 0. The first kappa shape index (κ1) is 20.0. The second-order valence-corrected chi connectivity index (χ2v) is 6.62. The first-order chi connectivity index (χ1) is 9.85. The molecule has 0 bridgehead atoms. The largest absolute Gasteiger partial charge is 0.0654 e. The molecule has 0 aliphatic carbocycles. The Balaban J connectivity index is 3.56. The molecule has 1 unspecified atom stereocenters. The van der Waals surface area contributed by atoms with Crippen molar-refractivity contribution in [3.8, 4) is 0 Å². The number of hydrogen-bond acceptors (Lipinski definition) is 0. The van der Waals surface area contributed by atoms with Gasteiger partial charge in [0, 0.05) is 0 Å². The predicted molar refractivity (Wildman–Crippen MR) is 94.1 cm³/mol. The maximum Gasteiger partial charge on any atom is -0.0414 e. The van der Waals surface area contributed by atoms with Crippen LogP contribution in [0.5, 0.6) is 0 Å². The second-order valence-electron chi connectivity index (χ2n) is 6.62. The molecule has 0 aromatic heterocycles. The van der Waals surface area contributed by atoms with Crippen molar-refractivity contribution in [1.29, 1.82) is 0 Å². The summed E-state index contributed by atoms with van der Waals surface area (Å²) in [5, 5.41) is 0. The normalized spacial score (nSPS) is 11.4. The average Bonchev–Trinajstić information content (AvgIpc) is 2.46. The molecule has 0 heterocycles. The highest BCUT2D eigenvalue weighted by Gasteiger charge is 2.08. The molecule has 20 heavy (non-hydrogen) atoms. The molecule has 0 nitrogen and oxygen atoms in total. The lowest BCUT2D eigenvalue weighted by atomic mass is 9.90. The summed E-state index contributed by atoms with van der Waals surface area (Å²) in [5.41, 5.74) is 0. The lowest BCUT2D eigenvalue weighted by Gasteiger charge is -2.16. The smallest absolute Gasteiger partial charge is 0.0414 e. The molecule has 0 N–H and O–H groups in total. The molecule has 0 fully saturated rings. The topological polar surface area (TPSA) is 0 Å². The van der Waals surface area contributed by atoms with Crippen LogP contribution in [0.4, 0.5) is 0 Å². The predicted octanol–water partition coefficient (Wildman–Crippen LogP) is 7.72. The fourth-order valence-corrected chi connectivity index (χ4v) is 3.12. The van der Waals surface area contributed by atoms with Gasteiger partial charge in [0.2, 0.25) is 0 Å². The van der Waals surface area contributed by atoms with E-state index < -0.39 is 0 Å². The monoisotopic (exact) mass is 281 g/mol. The molecule has 0 saturated heterocycles. The maximum atomic E-state index is 3.97. The van der Waals surface area contributed by atoms with Crippen molar-refractivity contribution in [2.45, 2.75) is 117 Å². The van der Waals surface area contributed by atoms with Gasteiger partial charge >= 0.3 is 0 Å². The Labute approximate surface area is 130 Å². The van der Waals surface area contributed by atoms with E-state index in [9.17, 15) is 0 Å². The molecular formula is C20H41. The summed E-state index contributed by atoms with van der Waals surface area (Å²) >= 11 is 0. The van der Waals surface area contributed by atoms with Crippen LogP contribution in [0.1, 0.15) is 117 Å². The van der Waals surface area contributed by atoms with Gasteiger partial charge in [-0.15, -0.1) is 0 Å². The van der Waals surface area contributed by atoms with Gasteiger partial charge in [0.05, 0.1) is 0 Å². The second kappa shape index (κ2) is 17.1. The fraction of sp³-hybridized carbons (Fsp3) is 0.950. The molecule has 0 rings (SSSR count). The van der Waals surface area contributed by atoms with E-state index in [1.807, 2.05) is 0 Å².